The third-order valence-corrected chi connectivity index (χ3v) is 4.78. The number of aliphatic hydroxyl groups excluding tert-OH is 1. The van der Waals surface area contributed by atoms with E-state index in [1.54, 1.807) is 14.0 Å². The molecule has 1 atom stereocenters. The highest BCUT2D eigenvalue weighted by molar-refractivity contribution is 7.89. The lowest BCUT2D eigenvalue weighted by Gasteiger charge is -2.21. The van der Waals surface area contributed by atoms with Gasteiger partial charge in [-0.05, 0) is 19.3 Å². The van der Waals surface area contributed by atoms with Gasteiger partial charge in [0.25, 0.3) is 0 Å². The summed E-state index contributed by atoms with van der Waals surface area (Å²) in [5.74, 6) is 0.0548. The lowest BCUT2D eigenvalue weighted by molar-refractivity contribution is 0.256. The van der Waals surface area contributed by atoms with Crippen molar-refractivity contribution in [2.75, 3.05) is 12.3 Å². The van der Waals surface area contributed by atoms with E-state index in [0.29, 0.717) is 12.1 Å². The fraction of sp³-hybridized carbons (Fsp3) is 0.727. The van der Waals surface area contributed by atoms with Gasteiger partial charge in [0.05, 0.1) is 5.69 Å². The van der Waals surface area contributed by atoms with Crippen molar-refractivity contribution in [1.82, 2.24) is 14.5 Å². The summed E-state index contributed by atoms with van der Waals surface area (Å²) in [7, 11) is -2.10. The minimum atomic E-state index is -3.74. The number of aliphatic hydroxyl groups is 1. The van der Waals surface area contributed by atoms with E-state index in [0.717, 1.165) is 0 Å². The molecule has 1 aromatic rings. The lowest BCUT2D eigenvalue weighted by Crippen LogP contribution is -2.39. The Morgan fingerprint density at radius 3 is 2.42 bits per heavy atom. The van der Waals surface area contributed by atoms with Crippen molar-refractivity contribution < 1.29 is 13.5 Å². The standard InChI is InChI=1S/C11H22N4O3S/c1-7(2)9(5-6-16)14-19(17,18)10-8(3)15(4)13-11(10)12/h7,9,14,16H,5-6H2,1-4H3,(H2,12,13). The fourth-order valence-electron chi connectivity index (χ4n) is 1.87. The van der Waals surface area contributed by atoms with Crippen molar-refractivity contribution in [3.63, 3.8) is 0 Å². The third-order valence-electron chi connectivity index (χ3n) is 3.12. The largest absolute Gasteiger partial charge is 0.396 e. The molecule has 0 aliphatic heterocycles. The predicted octanol–water partition coefficient (Wildman–Crippen LogP) is -0.00398. The van der Waals surface area contributed by atoms with Gasteiger partial charge in [0.1, 0.15) is 4.90 Å². The molecular weight excluding hydrogens is 268 g/mol. The molecule has 110 valence electrons. The highest BCUT2D eigenvalue weighted by Crippen LogP contribution is 2.22. The van der Waals surface area contributed by atoms with Crippen LogP contribution in [0.3, 0.4) is 0 Å². The summed E-state index contributed by atoms with van der Waals surface area (Å²) < 4.78 is 28.7. The summed E-state index contributed by atoms with van der Waals surface area (Å²) in [6, 6.07) is -0.339. The van der Waals surface area contributed by atoms with Crippen molar-refractivity contribution >= 4 is 15.8 Å². The molecule has 0 amide bonds. The number of anilines is 1. The number of nitrogens with zero attached hydrogens (tertiary/aromatic N) is 2. The number of nitrogens with one attached hydrogen (secondary N) is 1. The molecule has 0 saturated heterocycles. The highest BCUT2D eigenvalue weighted by Gasteiger charge is 2.28. The maximum atomic E-state index is 12.4. The average Bonchev–Trinajstić information content (AvgIpc) is 2.52. The van der Waals surface area contributed by atoms with Crippen LogP contribution < -0.4 is 10.5 Å². The monoisotopic (exact) mass is 290 g/mol. The van der Waals surface area contributed by atoms with Gasteiger partial charge in [-0.25, -0.2) is 13.1 Å². The molecule has 8 heteroatoms. The first-order valence-corrected chi connectivity index (χ1v) is 7.61. The number of nitrogen functional groups attached to an aromatic ring is 1. The van der Waals surface area contributed by atoms with Crippen molar-refractivity contribution in [1.29, 1.82) is 0 Å². The van der Waals surface area contributed by atoms with Crippen molar-refractivity contribution in [2.24, 2.45) is 13.0 Å². The first kappa shape index (κ1) is 15.9. The molecule has 0 spiro atoms. The molecule has 1 rings (SSSR count). The van der Waals surface area contributed by atoms with E-state index in [2.05, 4.69) is 9.82 Å². The number of aryl methyl sites for hydroxylation is 1. The molecule has 0 bridgehead atoms. The summed E-state index contributed by atoms with van der Waals surface area (Å²) in [5, 5.41) is 12.9. The van der Waals surface area contributed by atoms with Crippen LogP contribution in [-0.2, 0) is 17.1 Å². The second-order valence-electron chi connectivity index (χ2n) is 4.91. The molecule has 19 heavy (non-hydrogen) atoms. The Balaban J connectivity index is 3.10. The second-order valence-corrected chi connectivity index (χ2v) is 6.56. The summed E-state index contributed by atoms with van der Waals surface area (Å²) in [4.78, 5) is 0.0126. The molecule has 0 radical (unpaired) electrons. The van der Waals surface area contributed by atoms with Gasteiger partial charge in [0.2, 0.25) is 10.0 Å². The quantitative estimate of drug-likeness (QED) is 0.683. The fourth-order valence-corrected chi connectivity index (χ4v) is 3.62. The Kier molecular flexibility index (Phi) is 4.94. The third kappa shape index (κ3) is 3.46. The van der Waals surface area contributed by atoms with E-state index in [4.69, 9.17) is 10.8 Å². The Morgan fingerprint density at radius 2 is 2.05 bits per heavy atom. The number of hydrogen-bond acceptors (Lipinski definition) is 5. The van der Waals surface area contributed by atoms with Gasteiger partial charge in [0, 0.05) is 19.7 Å². The van der Waals surface area contributed by atoms with Gasteiger partial charge >= 0.3 is 0 Å². The summed E-state index contributed by atoms with van der Waals surface area (Å²) in [6.07, 6.45) is 0.357. The van der Waals surface area contributed by atoms with E-state index >= 15 is 0 Å². The van der Waals surface area contributed by atoms with E-state index in [1.165, 1.54) is 4.68 Å². The molecule has 0 fully saturated rings. The molecule has 1 unspecified atom stereocenters. The zero-order valence-corrected chi connectivity index (χ0v) is 12.5. The molecule has 0 aromatic carbocycles. The highest BCUT2D eigenvalue weighted by atomic mass is 32.2. The first-order chi connectivity index (χ1) is 8.70. The van der Waals surface area contributed by atoms with Crippen LogP contribution in [0.5, 0.6) is 0 Å². The zero-order chi connectivity index (χ0) is 14.8. The maximum absolute atomic E-state index is 12.4. The van der Waals surface area contributed by atoms with Crippen LogP contribution in [0.25, 0.3) is 0 Å². The lowest BCUT2D eigenvalue weighted by atomic mass is 10.0. The van der Waals surface area contributed by atoms with Gasteiger partial charge < -0.3 is 10.8 Å². The van der Waals surface area contributed by atoms with Crippen LogP contribution in [0, 0.1) is 12.8 Å². The molecule has 4 N–H and O–H groups in total. The molecule has 0 aliphatic rings. The Bertz CT molecular complexity index is 536. The zero-order valence-electron chi connectivity index (χ0n) is 11.7. The number of aromatic nitrogens is 2. The molecule has 1 heterocycles. The van der Waals surface area contributed by atoms with Crippen LogP contribution in [0.1, 0.15) is 26.0 Å². The minimum Gasteiger partial charge on any atom is -0.396 e. The van der Waals surface area contributed by atoms with Crippen LogP contribution in [0.2, 0.25) is 0 Å². The second kappa shape index (κ2) is 5.89. The van der Waals surface area contributed by atoms with Gasteiger partial charge in [-0.3, -0.25) is 4.68 Å². The number of hydrogen-bond donors (Lipinski definition) is 3. The van der Waals surface area contributed by atoms with Crippen LogP contribution in [0.4, 0.5) is 5.82 Å². The number of rotatable bonds is 6. The van der Waals surface area contributed by atoms with Gasteiger partial charge in [-0.15, -0.1) is 0 Å². The first-order valence-electron chi connectivity index (χ1n) is 6.13. The van der Waals surface area contributed by atoms with Gasteiger partial charge in [0.15, 0.2) is 5.82 Å². The number of sulfonamides is 1. The normalized spacial score (nSPS) is 14.0. The minimum absolute atomic E-state index is 0.0126. The SMILES string of the molecule is Cc1c(S(=O)(=O)NC(CCO)C(C)C)c(N)nn1C. The van der Waals surface area contributed by atoms with E-state index < -0.39 is 10.0 Å². The van der Waals surface area contributed by atoms with Crippen LogP contribution in [0.15, 0.2) is 4.90 Å². The van der Waals surface area contributed by atoms with Gasteiger partial charge in [-0.2, -0.15) is 5.10 Å². The average molecular weight is 290 g/mol. The summed E-state index contributed by atoms with van der Waals surface area (Å²) in [6.45, 7) is 5.35. The van der Waals surface area contributed by atoms with E-state index in [1.807, 2.05) is 13.8 Å². The summed E-state index contributed by atoms with van der Waals surface area (Å²) >= 11 is 0. The van der Waals surface area contributed by atoms with E-state index in [-0.39, 0.29) is 29.3 Å². The van der Waals surface area contributed by atoms with Crippen LogP contribution in [-0.4, -0.2) is 36.0 Å². The van der Waals surface area contributed by atoms with Crippen molar-refractivity contribution in [3.8, 4) is 0 Å². The predicted molar refractivity (Wildman–Crippen MR) is 73.0 cm³/mol. The molecular formula is C11H22N4O3S. The Labute approximate surface area is 113 Å². The molecule has 0 aliphatic carbocycles. The Morgan fingerprint density at radius 1 is 1.47 bits per heavy atom. The number of nitrogens with two attached hydrogens (primary N) is 1. The molecule has 1 aromatic heterocycles. The molecule has 0 saturated carbocycles. The van der Waals surface area contributed by atoms with Crippen LogP contribution >= 0.6 is 0 Å². The Hall–Kier alpha value is -1.12. The molecule has 7 nitrogen and oxygen atoms in total. The van der Waals surface area contributed by atoms with Gasteiger partial charge in [-0.1, -0.05) is 13.8 Å². The topological polar surface area (TPSA) is 110 Å². The van der Waals surface area contributed by atoms with E-state index in [9.17, 15) is 8.42 Å². The maximum Gasteiger partial charge on any atom is 0.246 e. The smallest absolute Gasteiger partial charge is 0.246 e. The van der Waals surface area contributed by atoms with Crippen molar-refractivity contribution in [3.05, 3.63) is 5.69 Å². The summed E-state index contributed by atoms with van der Waals surface area (Å²) in [5.41, 5.74) is 6.14. The van der Waals surface area contributed by atoms with Crippen molar-refractivity contribution in [2.45, 2.75) is 38.1 Å².